The Morgan fingerprint density at radius 2 is 0.966 bits per heavy atom. The maximum absolute atomic E-state index is 5.09. The van der Waals surface area contributed by atoms with Crippen molar-refractivity contribution in [1.29, 1.82) is 0 Å². The van der Waals surface area contributed by atoms with Crippen LogP contribution >= 0.6 is 22.6 Å². The Hall–Kier alpha value is -2.92. The molecule has 1 aromatic heterocycles. The standard InChI is InChI=1S/C26H19IN2/c27-25-23-18-10-11-19-24(23)29(28-25)26(20-12-4-1-5-13-20,21-14-6-2-7-15-21)22-16-8-3-9-17-22/h1-19H. The van der Waals surface area contributed by atoms with Crippen molar-refractivity contribution >= 4 is 33.5 Å². The van der Waals surface area contributed by atoms with Crippen LogP contribution in [0, 0.1) is 3.70 Å². The number of hydrogen-bond acceptors (Lipinski definition) is 1. The van der Waals surface area contributed by atoms with Gasteiger partial charge in [0.25, 0.3) is 0 Å². The van der Waals surface area contributed by atoms with Gasteiger partial charge in [0.15, 0.2) is 0 Å². The van der Waals surface area contributed by atoms with Crippen molar-refractivity contribution in [2.75, 3.05) is 0 Å². The summed E-state index contributed by atoms with van der Waals surface area (Å²) in [6.07, 6.45) is 0. The second-order valence-electron chi connectivity index (χ2n) is 7.03. The predicted octanol–water partition coefficient (Wildman–Crippen LogP) is 6.48. The highest BCUT2D eigenvalue weighted by Crippen LogP contribution is 2.42. The first kappa shape index (κ1) is 18.1. The molecule has 0 aliphatic rings. The van der Waals surface area contributed by atoms with E-state index in [0.29, 0.717) is 0 Å². The Kier molecular flexibility index (Phi) is 4.68. The van der Waals surface area contributed by atoms with Gasteiger partial charge in [-0.2, -0.15) is 5.10 Å². The van der Waals surface area contributed by atoms with Crippen molar-refractivity contribution in [3.05, 3.63) is 136 Å². The zero-order valence-corrected chi connectivity index (χ0v) is 17.9. The Morgan fingerprint density at radius 3 is 1.45 bits per heavy atom. The van der Waals surface area contributed by atoms with E-state index in [4.69, 9.17) is 5.10 Å². The SMILES string of the molecule is Ic1nn(C(c2ccccc2)(c2ccccc2)c2ccccc2)c2ccccc12. The lowest BCUT2D eigenvalue weighted by Crippen LogP contribution is -2.38. The van der Waals surface area contributed by atoms with Crippen LogP contribution in [0.25, 0.3) is 10.9 Å². The van der Waals surface area contributed by atoms with Gasteiger partial charge in [-0.1, -0.05) is 109 Å². The molecule has 3 heteroatoms. The molecule has 0 saturated heterocycles. The van der Waals surface area contributed by atoms with Crippen LogP contribution in [0.5, 0.6) is 0 Å². The van der Waals surface area contributed by atoms with Gasteiger partial charge in [0.1, 0.15) is 9.24 Å². The third kappa shape index (κ3) is 2.88. The molecular weight excluding hydrogens is 467 g/mol. The van der Waals surface area contributed by atoms with Gasteiger partial charge in [-0.3, -0.25) is 0 Å². The summed E-state index contributed by atoms with van der Waals surface area (Å²) in [7, 11) is 0. The number of halogens is 1. The van der Waals surface area contributed by atoms with Crippen LogP contribution in [0.4, 0.5) is 0 Å². The van der Waals surface area contributed by atoms with E-state index in [-0.39, 0.29) is 0 Å². The number of nitrogens with zero attached hydrogens (tertiary/aromatic N) is 2. The number of aromatic nitrogens is 2. The Bertz CT molecular complexity index is 1150. The molecule has 4 aromatic carbocycles. The number of rotatable bonds is 4. The van der Waals surface area contributed by atoms with Crippen LogP contribution < -0.4 is 0 Å². The van der Waals surface area contributed by atoms with Crippen LogP contribution in [0.1, 0.15) is 16.7 Å². The molecule has 5 rings (SSSR count). The summed E-state index contributed by atoms with van der Waals surface area (Å²) in [6, 6.07) is 40.5. The molecule has 140 valence electrons. The van der Waals surface area contributed by atoms with E-state index in [9.17, 15) is 0 Å². The zero-order chi connectivity index (χ0) is 19.7. The summed E-state index contributed by atoms with van der Waals surface area (Å²) in [5.41, 5.74) is 4.09. The highest BCUT2D eigenvalue weighted by atomic mass is 127. The van der Waals surface area contributed by atoms with Crippen molar-refractivity contribution in [3.8, 4) is 0 Å². The summed E-state index contributed by atoms with van der Waals surface area (Å²) in [6.45, 7) is 0. The molecule has 0 aliphatic heterocycles. The third-order valence-electron chi connectivity index (χ3n) is 5.43. The second kappa shape index (κ2) is 7.48. The highest BCUT2D eigenvalue weighted by molar-refractivity contribution is 14.1. The van der Waals surface area contributed by atoms with E-state index < -0.39 is 5.54 Å². The topological polar surface area (TPSA) is 17.8 Å². The first-order chi connectivity index (χ1) is 14.3. The lowest BCUT2D eigenvalue weighted by Gasteiger charge is -2.37. The van der Waals surface area contributed by atoms with E-state index in [0.717, 1.165) is 9.22 Å². The lowest BCUT2D eigenvalue weighted by molar-refractivity contribution is 0.473. The van der Waals surface area contributed by atoms with E-state index in [1.807, 2.05) is 0 Å². The molecule has 0 N–H and O–H groups in total. The largest absolute Gasteiger partial charge is 0.244 e. The molecule has 0 saturated carbocycles. The first-order valence-corrected chi connectivity index (χ1v) is 10.7. The van der Waals surface area contributed by atoms with Crippen LogP contribution in [0.2, 0.25) is 0 Å². The normalized spacial score (nSPS) is 11.6. The van der Waals surface area contributed by atoms with E-state index in [2.05, 4.69) is 143 Å². The highest BCUT2D eigenvalue weighted by Gasteiger charge is 2.40. The fourth-order valence-corrected chi connectivity index (χ4v) is 4.86. The Balaban J connectivity index is 1.99. The minimum atomic E-state index is -0.577. The zero-order valence-electron chi connectivity index (χ0n) is 15.7. The maximum atomic E-state index is 5.09. The number of hydrogen-bond donors (Lipinski definition) is 0. The van der Waals surface area contributed by atoms with Gasteiger partial charge in [0, 0.05) is 5.39 Å². The van der Waals surface area contributed by atoms with Gasteiger partial charge < -0.3 is 0 Å². The molecule has 0 spiro atoms. The van der Waals surface area contributed by atoms with E-state index in [1.54, 1.807) is 0 Å². The second-order valence-corrected chi connectivity index (χ2v) is 8.05. The number of benzene rings is 4. The molecule has 29 heavy (non-hydrogen) atoms. The first-order valence-electron chi connectivity index (χ1n) is 9.62. The summed E-state index contributed by atoms with van der Waals surface area (Å²) in [4.78, 5) is 0. The van der Waals surface area contributed by atoms with Gasteiger partial charge in [-0.25, -0.2) is 4.68 Å². The Labute approximate surface area is 184 Å². The smallest absolute Gasteiger partial charge is 0.138 e. The molecule has 0 bridgehead atoms. The summed E-state index contributed by atoms with van der Waals surface area (Å²) in [5.74, 6) is 0. The average molecular weight is 486 g/mol. The van der Waals surface area contributed by atoms with Gasteiger partial charge in [0.05, 0.1) is 5.52 Å². The minimum Gasteiger partial charge on any atom is -0.244 e. The molecule has 5 aromatic rings. The average Bonchev–Trinajstić information content (AvgIpc) is 3.14. The molecule has 0 fully saturated rings. The monoisotopic (exact) mass is 486 g/mol. The molecule has 0 unspecified atom stereocenters. The van der Waals surface area contributed by atoms with E-state index in [1.165, 1.54) is 22.1 Å². The van der Waals surface area contributed by atoms with Crippen LogP contribution in [-0.4, -0.2) is 9.78 Å². The van der Waals surface area contributed by atoms with Crippen molar-refractivity contribution in [2.24, 2.45) is 0 Å². The van der Waals surface area contributed by atoms with Crippen LogP contribution in [0.3, 0.4) is 0 Å². The predicted molar refractivity (Wildman–Crippen MR) is 127 cm³/mol. The molecule has 0 atom stereocenters. The van der Waals surface area contributed by atoms with Crippen molar-refractivity contribution in [1.82, 2.24) is 9.78 Å². The maximum Gasteiger partial charge on any atom is 0.138 e. The van der Waals surface area contributed by atoms with E-state index >= 15 is 0 Å². The fraction of sp³-hybridized carbons (Fsp3) is 0.0385. The summed E-state index contributed by atoms with van der Waals surface area (Å²) in [5, 5.41) is 6.26. The van der Waals surface area contributed by atoms with Gasteiger partial charge in [-0.15, -0.1) is 0 Å². The molecular formula is C26H19IN2. The molecule has 0 radical (unpaired) electrons. The van der Waals surface area contributed by atoms with Gasteiger partial charge >= 0.3 is 0 Å². The Morgan fingerprint density at radius 1 is 0.552 bits per heavy atom. The minimum absolute atomic E-state index is 0.577. The van der Waals surface area contributed by atoms with Crippen molar-refractivity contribution < 1.29 is 0 Å². The molecule has 0 aliphatic carbocycles. The molecule has 0 amide bonds. The van der Waals surface area contributed by atoms with Crippen LogP contribution in [-0.2, 0) is 5.54 Å². The van der Waals surface area contributed by atoms with Crippen molar-refractivity contribution in [2.45, 2.75) is 5.54 Å². The third-order valence-corrected chi connectivity index (χ3v) is 6.23. The lowest BCUT2D eigenvalue weighted by atomic mass is 9.77. The fourth-order valence-electron chi connectivity index (χ4n) is 4.19. The molecule has 1 heterocycles. The summed E-state index contributed by atoms with van der Waals surface area (Å²) < 4.78 is 3.20. The van der Waals surface area contributed by atoms with Gasteiger partial charge in [-0.05, 0) is 45.3 Å². The van der Waals surface area contributed by atoms with Crippen LogP contribution in [0.15, 0.2) is 115 Å². The number of para-hydroxylation sites is 1. The summed E-state index contributed by atoms with van der Waals surface area (Å²) >= 11 is 2.35. The van der Waals surface area contributed by atoms with Gasteiger partial charge in [0.2, 0.25) is 0 Å². The number of fused-ring (bicyclic) bond motifs is 1. The quantitative estimate of drug-likeness (QED) is 0.210. The van der Waals surface area contributed by atoms with Crippen molar-refractivity contribution in [3.63, 3.8) is 0 Å². The molecule has 2 nitrogen and oxygen atoms in total.